The third-order valence-corrected chi connectivity index (χ3v) is 3.85. The highest BCUT2D eigenvalue weighted by Gasteiger charge is 2.13. The Morgan fingerprint density at radius 1 is 1.27 bits per heavy atom. The van der Waals surface area contributed by atoms with E-state index in [1.54, 1.807) is 31.2 Å². The van der Waals surface area contributed by atoms with E-state index in [0.717, 1.165) is 4.47 Å². The van der Waals surface area contributed by atoms with Crippen LogP contribution in [0.3, 0.4) is 0 Å². The molecule has 0 aliphatic heterocycles. The van der Waals surface area contributed by atoms with E-state index in [9.17, 15) is 14.9 Å². The monoisotopic (exact) mass is 414 g/mol. The molecule has 2 aromatic carbocycles. The molecule has 0 fully saturated rings. The lowest BCUT2D eigenvalue weighted by atomic mass is 10.1. The number of carbonyl (C=O) groups excluding carboxylic acids is 1. The number of amides is 1. The maximum atomic E-state index is 12.4. The van der Waals surface area contributed by atoms with Crippen molar-refractivity contribution in [3.63, 3.8) is 0 Å². The molecule has 7 heteroatoms. The average molecular weight is 415 g/mol. The van der Waals surface area contributed by atoms with Gasteiger partial charge in [-0.1, -0.05) is 15.9 Å². The van der Waals surface area contributed by atoms with Crippen LogP contribution in [0.1, 0.15) is 22.8 Å². The van der Waals surface area contributed by atoms with Gasteiger partial charge in [-0.2, -0.15) is 5.26 Å². The van der Waals surface area contributed by atoms with Crippen LogP contribution in [0, 0.1) is 11.3 Å². The minimum Gasteiger partial charge on any atom is -0.493 e. The Morgan fingerprint density at radius 3 is 2.54 bits per heavy atom. The lowest BCUT2D eigenvalue weighted by Gasteiger charge is -2.09. The number of nitriles is 1. The predicted octanol–water partition coefficient (Wildman–Crippen LogP) is 4.09. The average Bonchev–Trinajstić information content (AvgIpc) is 2.62. The molecule has 2 rings (SSSR count). The van der Waals surface area contributed by atoms with Gasteiger partial charge in [-0.05, 0) is 55.5 Å². The van der Waals surface area contributed by atoms with Gasteiger partial charge in [0.15, 0.2) is 0 Å². The number of carboxylic acid groups (broad SMARTS) is 1. The molecule has 2 N–H and O–H groups in total. The van der Waals surface area contributed by atoms with E-state index in [0.29, 0.717) is 23.6 Å². The van der Waals surface area contributed by atoms with Gasteiger partial charge in [-0.25, -0.2) is 4.79 Å². The van der Waals surface area contributed by atoms with Crippen molar-refractivity contribution in [3.8, 4) is 11.8 Å². The molecular formula is C19H15BrN2O4. The number of aromatic carboxylic acids is 1. The van der Waals surface area contributed by atoms with Crippen LogP contribution in [0.2, 0.25) is 0 Å². The van der Waals surface area contributed by atoms with E-state index in [4.69, 9.17) is 9.84 Å². The number of carboxylic acids is 1. The van der Waals surface area contributed by atoms with E-state index in [2.05, 4.69) is 21.2 Å². The summed E-state index contributed by atoms with van der Waals surface area (Å²) < 4.78 is 6.30. The second-order valence-corrected chi connectivity index (χ2v) is 6.04. The largest absolute Gasteiger partial charge is 0.493 e. The molecular weight excluding hydrogens is 400 g/mol. The molecule has 0 heterocycles. The number of hydrogen-bond acceptors (Lipinski definition) is 4. The fourth-order valence-electron chi connectivity index (χ4n) is 2.12. The zero-order valence-corrected chi connectivity index (χ0v) is 15.4. The number of benzene rings is 2. The van der Waals surface area contributed by atoms with Crippen LogP contribution in [0.4, 0.5) is 5.69 Å². The van der Waals surface area contributed by atoms with Gasteiger partial charge < -0.3 is 15.2 Å². The van der Waals surface area contributed by atoms with E-state index in [-0.39, 0.29) is 11.1 Å². The summed E-state index contributed by atoms with van der Waals surface area (Å²) >= 11 is 3.30. The zero-order chi connectivity index (χ0) is 19.1. The Labute approximate surface area is 158 Å². The summed E-state index contributed by atoms with van der Waals surface area (Å²) in [4.78, 5) is 23.5. The summed E-state index contributed by atoms with van der Waals surface area (Å²) in [7, 11) is 0. The topological polar surface area (TPSA) is 99.4 Å². The molecule has 1 amide bonds. The molecule has 0 saturated heterocycles. The molecule has 0 radical (unpaired) electrons. The Morgan fingerprint density at radius 2 is 1.96 bits per heavy atom. The van der Waals surface area contributed by atoms with Crippen molar-refractivity contribution >= 4 is 39.6 Å². The molecule has 2 aromatic rings. The second-order valence-electron chi connectivity index (χ2n) is 5.12. The number of ether oxygens (including phenoxy) is 1. The van der Waals surface area contributed by atoms with Gasteiger partial charge in [-0.15, -0.1) is 0 Å². The Hall–Kier alpha value is -3.11. The molecule has 132 valence electrons. The van der Waals surface area contributed by atoms with Gasteiger partial charge in [0.2, 0.25) is 0 Å². The predicted molar refractivity (Wildman–Crippen MR) is 101 cm³/mol. The number of carbonyl (C=O) groups is 2. The lowest BCUT2D eigenvalue weighted by Crippen LogP contribution is -2.13. The first-order chi connectivity index (χ1) is 12.4. The molecule has 0 atom stereocenters. The highest BCUT2D eigenvalue weighted by Crippen LogP contribution is 2.24. The van der Waals surface area contributed by atoms with Crippen LogP contribution in [-0.4, -0.2) is 23.6 Å². The molecule has 0 aliphatic rings. The summed E-state index contributed by atoms with van der Waals surface area (Å²) in [6.07, 6.45) is 1.31. The Bertz CT molecular complexity index is 899. The lowest BCUT2D eigenvalue weighted by molar-refractivity contribution is -0.112. The Kier molecular flexibility index (Phi) is 6.53. The van der Waals surface area contributed by atoms with Crippen molar-refractivity contribution in [2.24, 2.45) is 0 Å². The van der Waals surface area contributed by atoms with Gasteiger partial charge in [0.25, 0.3) is 5.91 Å². The SMILES string of the molecule is CCOc1ccc(C(=O)O)cc1/C=C(\C#N)C(=O)Nc1ccc(Br)cc1. The third-order valence-electron chi connectivity index (χ3n) is 3.32. The highest BCUT2D eigenvalue weighted by molar-refractivity contribution is 9.10. The first-order valence-electron chi connectivity index (χ1n) is 7.63. The maximum absolute atomic E-state index is 12.4. The van der Waals surface area contributed by atoms with Gasteiger partial charge in [0.1, 0.15) is 17.4 Å². The van der Waals surface area contributed by atoms with Crippen LogP contribution < -0.4 is 10.1 Å². The van der Waals surface area contributed by atoms with E-state index in [1.807, 2.05) is 6.07 Å². The smallest absolute Gasteiger partial charge is 0.335 e. The second kappa shape index (κ2) is 8.83. The summed E-state index contributed by atoms with van der Waals surface area (Å²) in [5.41, 5.74) is 0.736. The van der Waals surface area contributed by atoms with E-state index in [1.165, 1.54) is 24.3 Å². The maximum Gasteiger partial charge on any atom is 0.335 e. The molecule has 6 nitrogen and oxygen atoms in total. The first-order valence-corrected chi connectivity index (χ1v) is 8.42. The molecule has 0 spiro atoms. The van der Waals surface area contributed by atoms with Gasteiger partial charge in [0.05, 0.1) is 12.2 Å². The van der Waals surface area contributed by atoms with Crippen molar-refractivity contribution in [1.82, 2.24) is 0 Å². The number of hydrogen-bond donors (Lipinski definition) is 2. The highest BCUT2D eigenvalue weighted by atomic mass is 79.9. The molecule has 26 heavy (non-hydrogen) atoms. The number of nitrogens with zero attached hydrogens (tertiary/aromatic N) is 1. The zero-order valence-electron chi connectivity index (χ0n) is 13.8. The number of rotatable bonds is 6. The van der Waals surface area contributed by atoms with Crippen molar-refractivity contribution in [2.75, 3.05) is 11.9 Å². The molecule has 0 bridgehead atoms. The summed E-state index contributed by atoms with van der Waals surface area (Å²) in [6, 6.07) is 13.0. The molecule has 0 unspecified atom stereocenters. The molecule has 0 saturated carbocycles. The quantitative estimate of drug-likeness (QED) is 0.547. The van der Waals surface area contributed by atoms with Crippen LogP contribution in [0.15, 0.2) is 52.5 Å². The number of anilines is 1. The van der Waals surface area contributed by atoms with Crippen LogP contribution in [0.25, 0.3) is 6.08 Å². The van der Waals surface area contributed by atoms with Gasteiger partial charge >= 0.3 is 5.97 Å². The van der Waals surface area contributed by atoms with Crippen molar-refractivity contribution in [1.29, 1.82) is 5.26 Å². The fraction of sp³-hybridized carbons (Fsp3) is 0.105. The summed E-state index contributed by atoms with van der Waals surface area (Å²) in [5.74, 6) is -1.32. The summed E-state index contributed by atoms with van der Waals surface area (Å²) in [5, 5.41) is 21.1. The first kappa shape index (κ1) is 19.2. The minimum atomic E-state index is -1.11. The van der Waals surface area contributed by atoms with Gasteiger partial charge in [-0.3, -0.25) is 4.79 Å². The fourth-order valence-corrected chi connectivity index (χ4v) is 2.38. The number of nitrogens with one attached hydrogen (secondary N) is 1. The van der Waals surface area contributed by atoms with Crippen LogP contribution in [0.5, 0.6) is 5.75 Å². The van der Waals surface area contributed by atoms with Crippen LogP contribution >= 0.6 is 15.9 Å². The van der Waals surface area contributed by atoms with Crippen molar-refractivity contribution in [2.45, 2.75) is 6.92 Å². The normalized spacial score (nSPS) is 10.7. The van der Waals surface area contributed by atoms with Crippen molar-refractivity contribution < 1.29 is 19.4 Å². The van der Waals surface area contributed by atoms with Gasteiger partial charge in [0, 0.05) is 15.7 Å². The van der Waals surface area contributed by atoms with Crippen LogP contribution in [-0.2, 0) is 4.79 Å². The summed E-state index contributed by atoms with van der Waals surface area (Å²) in [6.45, 7) is 2.14. The molecule has 0 aliphatic carbocycles. The Balaban J connectivity index is 2.35. The van der Waals surface area contributed by atoms with E-state index >= 15 is 0 Å². The standard InChI is InChI=1S/C19H15BrN2O4/c1-2-26-17-8-3-12(19(24)25)9-13(17)10-14(11-21)18(23)22-16-6-4-15(20)5-7-16/h3-10H,2H2,1H3,(H,22,23)(H,24,25)/b14-10+. The molecule has 0 aromatic heterocycles. The van der Waals surface area contributed by atoms with E-state index < -0.39 is 11.9 Å². The van der Waals surface area contributed by atoms with Crippen molar-refractivity contribution in [3.05, 3.63) is 63.6 Å². The minimum absolute atomic E-state index is 0.0327. The third kappa shape index (κ3) is 4.94. The number of halogens is 1.